The molecule has 0 radical (unpaired) electrons. The summed E-state index contributed by atoms with van der Waals surface area (Å²) in [6.07, 6.45) is 1.42. The number of hydrogen-bond donors (Lipinski definition) is 0. The molecule has 1 aromatic rings. The van der Waals surface area contributed by atoms with E-state index in [1.165, 1.54) is 19.5 Å². The van der Waals surface area contributed by atoms with Gasteiger partial charge in [0, 0.05) is 19.0 Å². The van der Waals surface area contributed by atoms with E-state index in [9.17, 15) is 0 Å². The summed E-state index contributed by atoms with van der Waals surface area (Å²) >= 11 is 0. The Balaban J connectivity index is 1.78. The summed E-state index contributed by atoms with van der Waals surface area (Å²) in [5, 5.41) is 7.65. The van der Waals surface area contributed by atoms with Gasteiger partial charge in [-0.3, -0.25) is 0 Å². The van der Waals surface area contributed by atoms with E-state index in [-0.39, 0.29) is 0 Å². The first-order chi connectivity index (χ1) is 5.86. The number of piperidine rings is 1. The highest BCUT2D eigenvalue weighted by atomic mass is 16.4. The molecule has 1 saturated carbocycles. The zero-order valence-corrected chi connectivity index (χ0v) is 6.97. The molecular weight excluding hydrogens is 154 g/mol. The first-order valence-electron chi connectivity index (χ1n) is 4.31. The van der Waals surface area contributed by atoms with E-state index in [4.69, 9.17) is 4.42 Å². The molecule has 0 amide bonds. The van der Waals surface area contributed by atoms with E-state index >= 15 is 0 Å². The Morgan fingerprint density at radius 2 is 2.25 bits per heavy atom. The molecule has 4 nitrogen and oxygen atoms in total. The van der Waals surface area contributed by atoms with Gasteiger partial charge in [0.1, 0.15) is 0 Å². The van der Waals surface area contributed by atoms with E-state index in [0.717, 1.165) is 17.7 Å². The van der Waals surface area contributed by atoms with Crippen LogP contribution in [0.15, 0.2) is 10.8 Å². The maximum atomic E-state index is 5.19. The molecular formula is C8H11N3O. The molecule has 4 heteroatoms. The minimum atomic E-state index is 0.573. The molecule has 2 atom stereocenters. The van der Waals surface area contributed by atoms with Crippen molar-refractivity contribution in [2.45, 2.75) is 5.92 Å². The summed E-state index contributed by atoms with van der Waals surface area (Å²) in [4.78, 5) is 2.36. The SMILES string of the molecule is CN1CC2C(C1)C2c1nnco1. The predicted molar refractivity (Wildman–Crippen MR) is 41.5 cm³/mol. The van der Waals surface area contributed by atoms with Crippen molar-refractivity contribution in [1.29, 1.82) is 0 Å². The number of rotatable bonds is 1. The van der Waals surface area contributed by atoms with Crippen molar-refractivity contribution in [2.24, 2.45) is 11.8 Å². The summed E-state index contributed by atoms with van der Waals surface area (Å²) < 4.78 is 5.19. The molecule has 1 aromatic heterocycles. The molecule has 2 heterocycles. The quantitative estimate of drug-likeness (QED) is 0.602. The van der Waals surface area contributed by atoms with Gasteiger partial charge in [-0.2, -0.15) is 0 Å². The first-order valence-corrected chi connectivity index (χ1v) is 4.31. The van der Waals surface area contributed by atoms with Crippen LogP contribution in [0, 0.1) is 11.8 Å². The van der Waals surface area contributed by atoms with Gasteiger partial charge in [0.25, 0.3) is 0 Å². The van der Waals surface area contributed by atoms with Gasteiger partial charge in [0.15, 0.2) is 0 Å². The average Bonchev–Trinajstić information content (AvgIpc) is 2.58. The number of nitrogens with zero attached hydrogens (tertiary/aromatic N) is 3. The zero-order valence-electron chi connectivity index (χ0n) is 6.97. The van der Waals surface area contributed by atoms with E-state index < -0.39 is 0 Å². The third-order valence-corrected chi connectivity index (χ3v) is 3.04. The highest BCUT2D eigenvalue weighted by Crippen LogP contribution is 2.57. The van der Waals surface area contributed by atoms with Crippen LogP contribution in [0.5, 0.6) is 0 Å². The molecule has 1 aliphatic carbocycles. The molecule has 0 aromatic carbocycles. The Morgan fingerprint density at radius 3 is 2.83 bits per heavy atom. The molecule has 2 aliphatic rings. The third-order valence-electron chi connectivity index (χ3n) is 3.04. The first kappa shape index (κ1) is 6.60. The molecule has 2 unspecified atom stereocenters. The molecule has 0 spiro atoms. The van der Waals surface area contributed by atoms with Crippen molar-refractivity contribution in [1.82, 2.24) is 15.1 Å². The Bertz CT molecular complexity index is 273. The molecule has 64 valence electrons. The van der Waals surface area contributed by atoms with Crippen molar-refractivity contribution in [3.8, 4) is 0 Å². The standard InChI is InChI=1S/C8H11N3O/c1-11-2-5-6(3-11)7(5)8-10-9-4-12-8/h4-7H,2-3H2,1H3. The van der Waals surface area contributed by atoms with Crippen molar-refractivity contribution >= 4 is 0 Å². The van der Waals surface area contributed by atoms with Crippen LogP contribution in [0.25, 0.3) is 0 Å². The van der Waals surface area contributed by atoms with Crippen molar-refractivity contribution < 1.29 is 4.42 Å². The highest BCUT2D eigenvalue weighted by Gasteiger charge is 2.57. The van der Waals surface area contributed by atoms with E-state index in [1.54, 1.807) is 0 Å². The normalized spacial score (nSPS) is 39.9. The van der Waals surface area contributed by atoms with Crippen molar-refractivity contribution in [2.75, 3.05) is 20.1 Å². The summed E-state index contributed by atoms with van der Waals surface area (Å²) in [6, 6.07) is 0. The lowest BCUT2D eigenvalue weighted by Gasteiger charge is -2.10. The molecule has 1 saturated heterocycles. The topological polar surface area (TPSA) is 42.2 Å². The van der Waals surface area contributed by atoms with Gasteiger partial charge in [-0.15, -0.1) is 10.2 Å². The van der Waals surface area contributed by atoms with E-state index in [0.29, 0.717) is 5.92 Å². The van der Waals surface area contributed by atoms with Gasteiger partial charge < -0.3 is 9.32 Å². The highest BCUT2D eigenvalue weighted by molar-refractivity contribution is 5.16. The maximum Gasteiger partial charge on any atom is 0.219 e. The summed E-state index contributed by atoms with van der Waals surface area (Å²) in [5.74, 6) is 2.99. The Labute approximate surface area is 70.6 Å². The minimum Gasteiger partial charge on any atom is -0.428 e. The van der Waals surface area contributed by atoms with Crippen LogP contribution in [0.3, 0.4) is 0 Å². The lowest BCUT2D eigenvalue weighted by atomic mass is 10.3. The number of fused-ring (bicyclic) bond motifs is 1. The van der Waals surface area contributed by atoms with Gasteiger partial charge in [-0.05, 0) is 18.9 Å². The van der Waals surface area contributed by atoms with Gasteiger partial charge >= 0.3 is 0 Å². The lowest BCUT2D eigenvalue weighted by molar-refractivity contribution is 0.347. The van der Waals surface area contributed by atoms with Gasteiger partial charge in [-0.1, -0.05) is 0 Å². The molecule has 12 heavy (non-hydrogen) atoms. The molecule has 0 N–H and O–H groups in total. The van der Waals surface area contributed by atoms with E-state index in [2.05, 4.69) is 22.1 Å². The largest absolute Gasteiger partial charge is 0.428 e. The monoisotopic (exact) mass is 165 g/mol. The predicted octanol–water partition coefficient (Wildman–Crippen LogP) is 0.345. The van der Waals surface area contributed by atoms with Crippen molar-refractivity contribution in [3.63, 3.8) is 0 Å². The maximum absolute atomic E-state index is 5.19. The van der Waals surface area contributed by atoms with Crippen LogP contribution in [0.4, 0.5) is 0 Å². The van der Waals surface area contributed by atoms with Crippen molar-refractivity contribution in [3.05, 3.63) is 12.3 Å². The van der Waals surface area contributed by atoms with Crippen LogP contribution < -0.4 is 0 Å². The van der Waals surface area contributed by atoms with Crippen LogP contribution in [-0.2, 0) is 0 Å². The summed E-state index contributed by atoms with van der Waals surface area (Å²) in [6.45, 7) is 2.38. The number of hydrogen-bond acceptors (Lipinski definition) is 4. The Morgan fingerprint density at radius 1 is 1.50 bits per heavy atom. The second-order valence-corrected chi connectivity index (χ2v) is 3.85. The van der Waals surface area contributed by atoms with Crippen LogP contribution >= 0.6 is 0 Å². The minimum absolute atomic E-state index is 0.573. The van der Waals surface area contributed by atoms with E-state index in [1.807, 2.05) is 0 Å². The van der Waals surface area contributed by atoms with Crippen LogP contribution in [0.2, 0.25) is 0 Å². The van der Waals surface area contributed by atoms with Gasteiger partial charge in [-0.25, -0.2) is 0 Å². The fourth-order valence-electron chi connectivity index (χ4n) is 2.43. The molecule has 1 aliphatic heterocycles. The molecule has 2 fully saturated rings. The third kappa shape index (κ3) is 0.756. The summed E-state index contributed by atoms with van der Waals surface area (Å²) in [7, 11) is 2.16. The second-order valence-electron chi connectivity index (χ2n) is 3.85. The fourth-order valence-corrected chi connectivity index (χ4v) is 2.43. The number of aromatic nitrogens is 2. The smallest absolute Gasteiger partial charge is 0.219 e. The Hall–Kier alpha value is -0.900. The molecule has 3 rings (SSSR count). The fraction of sp³-hybridized carbons (Fsp3) is 0.750. The van der Waals surface area contributed by atoms with Crippen LogP contribution in [0.1, 0.15) is 11.8 Å². The van der Waals surface area contributed by atoms with Crippen LogP contribution in [-0.4, -0.2) is 35.2 Å². The lowest BCUT2D eigenvalue weighted by Crippen LogP contribution is -2.18. The average molecular weight is 165 g/mol. The number of likely N-dealkylation sites (tertiary alicyclic amines) is 1. The second kappa shape index (κ2) is 2.07. The summed E-state index contributed by atoms with van der Waals surface area (Å²) in [5.41, 5.74) is 0. The Kier molecular flexibility index (Phi) is 1.14. The zero-order chi connectivity index (χ0) is 8.13. The van der Waals surface area contributed by atoms with Gasteiger partial charge in [0.2, 0.25) is 12.3 Å². The van der Waals surface area contributed by atoms with Gasteiger partial charge in [0.05, 0.1) is 0 Å². The molecule has 0 bridgehead atoms.